The molecule has 1 saturated carbocycles. The Morgan fingerprint density at radius 3 is 2.82 bits per heavy atom. The van der Waals surface area contributed by atoms with Crippen LogP contribution in [0.3, 0.4) is 0 Å². The maximum atomic E-state index is 12.4. The van der Waals surface area contributed by atoms with Crippen molar-refractivity contribution in [1.82, 2.24) is 9.88 Å². The highest BCUT2D eigenvalue weighted by Gasteiger charge is 2.28. The average molecular weight is 401 g/mol. The number of carbonyl (C=O) groups is 1. The number of rotatable bonds is 7. The summed E-state index contributed by atoms with van der Waals surface area (Å²) in [6, 6.07) is 9.36. The van der Waals surface area contributed by atoms with Crippen molar-refractivity contribution >= 4 is 15.7 Å². The van der Waals surface area contributed by atoms with Gasteiger partial charge in [0, 0.05) is 19.3 Å². The molecule has 7 heteroatoms. The predicted octanol–water partition coefficient (Wildman–Crippen LogP) is 2.37. The maximum Gasteiger partial charge on any atom is 0.260 e. The number of nitrogens with zero attached hydrogens (tertiary/aromatic N) is 2. The molecule has 148 valence electrons. The van der Waals surface area contributed by atoms with Crippen LogP contribution in [-0.4, -0.2) is 43.1 Å². The number of amides is 1. The molecule has 1 aromatic carbocycles. The summed E-state index contributed by atoms with van der Waals surface area (Å²) in [4.78, 5) is 18.2. The Kier molecular flexibility index (Phi) is 5.35. The molecular weight excluding hydrogens is 376 g/mol. The van der Waals surface area contributed by atoms with Gasteiger partial charge in [0.25, 0.3) is 5.91 Å². The summed E-state index contributed by atoms with van der Waals surface area (Å²) < 4.78 is 30.1. The van der Waals surface area contributed by atoms with Crippen LogP contribution < -0.4 is 4.74 Å². The van der Waals surface area contributed by atoms with Crippen LogP contribution in [-0.2, 0) is 33.4 Å². The number of aromatic nitrogens is 1. The van der Waals surface area contributed by atoms with Crippen LogP contribution >= 0.6 is 0 Å². The van der Waals surface area contributed by atoms with Gasteiger partial charge >= 0.3 is 0 Å². The van der Waals surface area contributed by atoms with Crippen LogP contribution in [0.25, 0.3) is 0 Å². The highest BCUT2D eigenvalue weighted by Crippen LogP contribution is 2.31. The van der Waals surface area contributed by atoms with Gasteiger partial charge in [0.15, 0.2) is 16.4 Å². The van der Waals surface area contributed by atoms with E-state index in [2.05, 4.69) is 4.98 Å². The van der Waals surface area contributed by atoms with Crippen molar-refractivity contribution in [3.63, 3.8) is 0 Å². The minimum Gasteiger partial charge on any atom is -0.482 e. The Hall–Kier alpha value is -2.41. The lowest BCUT2D eigenvalue weighted by Crippen LogP contribution is -2.38. The molecule has 0 unspecified atom stereocenters. The molecule has 2 aromatic rings. The zero-order chi connectivity index (χ0) is 19.6. The molecule has 0 N–H and O–H groups in total. The van der Waals surface area contributed by atoms with E-state index in [9.17, 15) is 13.2 Å². The first-order valence-corrected chi connectivity index (χ1v) is 11.4. The fourth-order valence-corrected chi connectivity index (χ4v) is 5.39. The van der Waals surface area contributed by atoms with Crippen LogP contribution in [0.4, 0.5) is 0 Å². The number of benzene rings is 1. The van der Waals surface area contributed by atoms with E-state index in [4.69, 9.17) is 4.74 Å². The smallest absolute Gasteiger partial charge is 0.260 e. The molecule has 6 nitrogen and oxygen atoms in total. The van der Waals surface area contributed by atoms with Crippen LogP contribution in [0.15, 0.2) is 42.7 Å². The summed E-state index contributed by atoms with van der Waals surface area (Å²) in [5.41, 5.74) is 3.06. The Bertz CT molecular complexity index is 956. The van der Waals surface area contributed by atoms with Gasteiger partial charge in [-0.25, -0.2) is 8.42 Å². The Balaban J connectivity index is 1.35. The van der Waals surface area contributed by atoms with Gasteiger partial charge in [-0.3, -0.25) is 9.78 Å². The normalized spacial score (nSPS) is 16.5. The quantitative estimate of drug-likeness (QED) is 0.713. The summed E-state index contributed by atoms with van der Waals surface area (Å²) >= 11 is 0. The van der Waals surface area contributed by atoms with Crippen molar-refractivity contribution in [3.8, 4) is 5.75 Å². The highest BCUT2D eigenvalue weighted by atomic mass is 32.2. The van der Waals surface area contributed by atoms with E-state index in [1.54, 1.807) is 29.4 Å². The Morgan fingerprint density at radius 1 is 1.21 bits per heavy atom. The van der Waals surface area contributed by atoms with Crippen molar-refractivity contribution in [2.45, 2.75) is 31.6 Å². The van der Waals surface area contributed by atoms with Gasteiger partial charge in [-0.2, -0.15) is 0 Å². The van der Waals surface area contributed by atoms with Crippen molar-refractivity contribution in [2.24, 2.45) is 5.92 Å². The first-order chi connectivity index (χ1) is 13.5. The third-order valence-corrected chi connectivity index (χ3v) is 6.96. The van der Waals surface area contributed by atoms with Gasteiger partial charge < -0.3 is 9.64 Å². The monoisotopic (exact) mass is 400 g/mol. The van der Waals surface area contributed by atoms with E-state index in [1.807, 2.05) is 18.2 Å². The molecule has 0 bridgehead atoms. The topological polar surface area (TPSA) is 76.6 Å². The zero-order valence-corrected chi connectivity index (χ0v) is 16.5. The first-order valence-electron chi connectivity index (χ1n) is 9.60. The van der Waals surface area contributed by atoms with Gasteiger partial charge in [-0.15, -0.1) is 0 Å². The van der Waals surface area contributed by atoms with E-state index in [0.717, 1.165) is 36.0 Å². The number of hydrogen-bond acceptors (Lipinski definition) is 5. The number of pyridine rings is 1. The predicted molar refractivity (Wildman–Crippen MR) is 106 cm³/mol. The SMILES string of the molecule is O=C(COc1cccnc1)N1CCc2cc(CS(=O)(=O)CC3CC3)ccc2C1. The largest absolute Gasteiger partial charge is 0.482 e. The standard InChI is InChI=1S/C21H24N2O4S/c24-21(13-27-20-2-1-8-22-11-20)23-9-7-18-10-17(5-6-19(18)12-23)15-28(25,26)14-16-3-4-16/h1-2,5-6,8,10-11,16H,3-4,7,9,12-15H2. The molecule has 2 heterocycles. The summed E-state index contributed by atoms with van der Waals surface area (Å²) in [5, 5.41) is 0. The lowest BCUT2D eigenvalue weighted by molar-refractivity contribution is -0.134. The van der Waals surface area contributed by atoms with Crippen LogP contribution in [0, 0.1) is 5.92 Å². The molecule has 0 atom stereocenters. The van der Waals surface area contributed by atoms with E-state index in [0.29, 0.717) is 30.5 Å². The van der Waals surface area contributed by atoms with E-state index < -0.39 is 9.84 Å². The van der Waals surface area contributed by atoms with Crippen LogP contribution in [0.5, 0.6) is 5.75 Å². The molecule has 0 spiro atoms. The van der Waals surface area contributed by atoms with E-state index in [1.165, 1.54) is 0 Å². The van der Waals surface area contributed by atoms with Gasteiger partial charge in [0.2, 0.25) is 0 Å². The summed E-state index contributed by atoms with van der Waals surface area (Å²) in [7, 11) is -3.04. The zero-order valence-electron chi connectivity index (χ0n) is 15.7. The third-order valence-electron chi connectivity index (χ3n) is 5.21. The molecule has 1 fully saturated rings. The fourth-order valence-electron chi connectivity index (χ4n) is 3.53. The van der Waals surface area contributed by atoms with Crippen molar-refractivity contribution in [2.75, 3.05) is 18.9 Å². The molecule has 1 amide bonds. The molecule has 1 aliphatic heterocycles. The average Bonchev–Trinajstić information content (AvgIpc) is 3.49. The molecule has 0 radical (unpaired) electrons. The van der Waals surface area contributed by atoms with Crippen molar-refractivity contribution < 1.29 is 17.9 Å². The summed E-state index contributed by atoms with van der Waals surface area (Å²) in [5.74, 6) is 1.30. The minimum atomic E-state index is -3.04. The number of sulfone groups is 1. The van der Waals surface area contributed by atoms with Crippen LogP contribution in [0.2, 0.25) is 0 Å². The van der Waals surface area contributed by atoms with Gasteiger partial charge in [-0.05, 0) is 54.0 Å². The van der Waals surface area contributed by atoms with Crippen LogP contribution in [0.1, 0.15) is 29.5 Å². The van der Waals surface area contributed by atoms with Crippen molar-refractivity contribution in [3.05, 3.63) is 59.4 Å². The lowest BCUT2D eigenvalue weighted by atomic mass is 9.97. The second kappa shape index (κ2) is 7.91. The van der Waals surface area contributed by atoms with Gasteiger partial charge in [0.05, 0.1) is 17.7 Å². The van der Waals surface area contributed by atoms with E-state index in [-0.39, 0.29) is 18.3 Å². The maximum absolute atomic E-state index is 12.4. The molecule has 0 saturated heterocycles. The van der Waals surface area contributed by atoms with Gasteiger partial charge in [-0.1, -0.05) is 18.2 Å². The van der Waals surface area contributed by atoms with Crippen molar-refractivity contribution in [1.29, 1.82) is 0 Å². The molecule has 2 aliphatic rings. The fraction of sp³-hybridized carbons (Fsp3) is 0.429. The first kappa shape index (κ1) is 18.9. The third kappa shape index (κ3) is 4.90. The number of hydrogen-bond donors (Lipinski definition) is 0. The molecule has 4 rings (SSSR count). The Labute approximate surface area is 165 Å². The van der Waals surface area contributed by atoms with E-state index >= 15 is 0 Å². The second-order valence-electron chi connectivity index (χ2n) is 7.64. The minimum absolute atomic E-state index is 0.0154. The second-order valence-corrected chi connectivity index (χ2v) is 9.75. The molecule has 28 heavy (non-hydrogen) atoms. The number of ether oxygens (including phenoxy) is 1. The Morgan fingerprint density at radius 2 is 2.07 bits per heavy atom. The molecule has 1 aromatic heterocycles. The summed E-state index contributed by atoms with van der Waals surface area (Å²) in [6.07, 6.45) is 6.04. The number of fused-ring (bicyclic) bond motifs is 1. The number of carbonyl (C=O) groups excluding carboxylic acids is 1. The molecule has 1 aliphatic carbocycles. The highest BCUT2D eigenvalue weighted by molar-refractivity contribution is 7.90. The summed E-state index contributed by atoms with van der Waals surface area (Å²) in [6.45, 7) is 1.12. The molecular formula is C21H24N2O4S. The lowest BCUT2D eigenvalue weighted by Gasteiger charge is -2.29. The van der Waals surface area contributed by atoms with Gasteiger partial charge in [0.1, 0.15) is 5.75 Å².